The molecule has 0 heterocycles. The van der Waals surface area contributed by atoms with Crippen LogP contribution >= 0.6 is 7.29 Å². The van der Waals surface area contributed by atoms with Crippen molar-refractivity contribution in [1.82, 2.24) is 5.32 Å². The Bertz CT molecular complexity index is 314. The maximum atomic E-state index is 11.6. The van der Waals surface area contributed by atoms with E-state index in [0.717, 1.165) is 25.1 Å². The number of aliphatic hydroxyl groups is 3. The molecule has 0 fully saturated rings. The molecule has 0 bridgehead atoms. The van der Waals surface area contributed by atoms with Crippen molar-refractivity contribution < 1.29 is 19.9 Å². The minimum Gasteiger partial charge on any atom is -0.394 e. The van der Waals surface area contributed by atoms with Gasteiger partial charge < -0.3 is 20.6 Å². The van der Waals surface area contributed by atoms with Gasteiger partial charge in [-0.05, 0) is 30.2 Å². The summed E-state index contributed by atoms with van der Waals surface area (Å²) in [5, 5.41) is 30.2. The second-order valence-corrected chi connectivity index (χ2v) is 7.33. The number of rotatable bonds is 13. The first-order valence-corrected chi connectivity index (χ1v) is 8.57. The van der Waals surface area contributed by atoms with E-state index in [-0.39, 0.29) is 26.0 Å². The van der Waals surface area contributed by atoms with E-state index >= 15 is 0 Å². The van der Waals surface area contributed by atoms with Gasteiger partial charge in [-0.15, -0.1) is 4.91 Å². The fraction of sp³-hybridized carbons (Fsp3) is 0.833. The number of nitrogens with zero attached hydrogens (tertiary/aromatic N) is 1. The Morgan fingerprint density at radius 2 is 1.65 bits per heavy atom. The summed E-state index contributed by atoms with van der Waals surface area (Å²) in [6.45, 7) is 2.88. The number of unbranched alkanes of at least 4 members (excludes halogenated alkanes) is 3. The summed E-state index contributed by atoms with van der Waals surface area (Å²) >= 11 is 0. The van der Waals surface area contributed by atoms with Gasteiger partial charge in [0.05, 0.1) is 25.4 Å². The summed E-state index contributed by atoms with van der Waals surface area (Å²) in [6.07, 6.45) is 3.33. The summed E-state index contributed by atoms with van der Waals surface area (Å²) in [5.74, 6) is 1.14. The predicted molar refractivity (Wildman–Crippen MR) is 78.9 cm³/mol. The number of hydrogen-bond donors (Lipinski definition) is 4. The molecule has 0 radical (unpaired) electrons. The molecule has 4 N–H and O–H groups in total. The Morgan fingerprint density at radius 3 is 2.10 bits per heavy atom. The highest BCUT2D eigenvalue weighted by molar-refractivity contribution is 7.65. The van der Waals surface area contributed by atoms with Crippen LogP contribution in [-0.2, 0) is 4.57 Å². The number of nitroso groups, excluding NO2 is 1. The van der Waals surface area contributed by atoms with Crippen molar-refractivity contribution in [3.8, 4) is 0 Å². The van der Waals surface area contributed by atoms with Crippen molar-refractivity contribution >= 4 is 7.29 Å². The van der Waals surface area contributed by atoms with Gasteiger partial charge in [-0.2, -0.15) is 0 Å². The van der Waals surface area contributed by atoms with Crippen molar-refractivity contribution in [3.63, 3.8) is 0 Å². The standard InChI is InChI=1S/C12H25N2O5P/c1-2-20(19,14-18)8-6-4-3-5-7-13-12(9-15,10-16)11-17/h2,13,15-17H,1,3-11H2. The zero-order chi connectivity index (χ0) is 15.5. The lowest BCUT2D eigenvalue weighted by Crippen LogP contribution is -2.55. The molecule has 0 aromatic heterocycles. The van der Waals surface area contributed by atoms with Crippen LogP contribution in [0.2, 0.25) is 0 Å². The quantitative estimate of drug-likeness (QED) is 0.229. The summed E-state index contributed by atoms with van der Waals surface area (Å²) in [5.41, 5.74) is -1.04. The zero-order valence-electron chi connectivity index (χ0n) is 11.7. The molecule has 0 aliphatic heterocycles. The first-order valence-electron chi connectivity index (χ1n) is 6.66. The van der Waals surface area contributed by atoms with Crippen LogP contribution in [0, 0.1) is 4.91 Å². The molecule has 0 saturated carbocycles. The largest absolute Gasteiger partial charge is 0.394 e. The van der Waals surface area contributed by atoms with E-state index < -0.39 is 12.8 Å². The topological polar surface area (TPSA) is 119 Å². The molecule has 0 aliphatic carbocycles. The fourth-order valence-electron chi connectivity index (χ4n) is 1.65. The summed E-state index contributed by atoms with van der Waals surface area (Å²) < 4.78 is 11.6. The minimum absolute atomic E-state index is 0.251. The van der Waals surface area contributed by atoms with Gasteiger partial charge in [0.25, 0.3) is 7.29 Å². The van der Waals surface area contributed by atoms with Crippen LogP contribution in [0.25, 0.3) is 0 Å². The van der Waals surface area contributed by atoms with E-state index in [1.807, 2.05) is 0 Å². The molecule has 0 aliphatic rings. The van der Waals surface area contributed by atoms with Crippen LogP contribution in [-0.4, -0.2) is 53.4 Å². The molecule has 0 aromatic carbocycles. The third-order valence-corrected chi connectivity index (χ3v) is 5.04. The Morgan fingerprint density at radius 1 is 1.10 bits per heavy atom. The van der Waals surface area contributed by atoms with Crippen molar-refractivity contribution in [3.05, 3.63) is 17.3 Å². The molecule has 118 valence electrons. The van der Waals surface area contributed by atoms with Gasteiger partial charge in [0.2, 0.25) is 0 Å². The number of nitrogens with one attached hydrogen (secondary N) is 1. The Labute approximate surface area is 119 Å². The van der Waals surface area contributed by atoms with E-state index in [1.54, 1.807) is 0 Å². The third-order valence-electron chi connectivity index (χ3n) is 3.24. The average molecular weight is 308 g/mol. The van der Waals surface area contributed by atoms with E-state index in [0.29, 0.717) is 13.0 Å². The van der Waals surface area contributed by atoms with Crippen LogP contribution in [0.4, 0.5) is 0 Å². The SMILES string of the molecule is C=CP(=O)(CCCCCCNC(CO)(CO)CO)N=O. The Kier molecular flexibility index (Phi) is 9.88. The van der Waals surface area contributed by atoms with Gasteiger partial charge >= 0.3 is 0 Å². The van der Waals surface area contributed by atoms with Gasteiger partial charge in [-0.25, -0.2) is 0 Å². The van der Waals surface area contributed by atoms with Crippen molar-refractivity contribution in [1.29, 1.82) is 0 Å². The molecule has 1 atom stereocenters. The highest BCUT2D eigenvalue weighted by atomic mass is 31.2. The van der Waals surface area contributed by atoms with Crippen LogP contribution in [0.15, 0.2) is 17.3 Å². The van der Waals surface area contributed by atoms with Crippen molar-refractivity contribution in [2.24, 2.45) is 4.95 Å². The molecular weight excluding hydrogens is 283 g/mol. The van der Waals surface area contributed by atoms with Crippen LogP contribution in [0.1, 0.15) is 25.7 Å². The predicted octanol–water partition coefficient (Wildman–Crippen LogP) is 1.04. The summed E-state index contributed by atoms with van der Waals surface area (Å²) in [4.78, 5) is 13.0. The van der Waals surface area contributed by atoms with Gasteiger partial charge in [-0.1, -0.05) is 19.4 Å². The second kappa shape index (κ2) is 10.2. The fourth-order valence-corrected chi connectivity index (χ4v) is 2.66. The first-order chi connectivity index (χ1) is 9.51. The highest BCUT2D eigenvalue weighted by Gasteiger charge is 2.26. The van der Waals surface area contributed by atoms with Gasteiger partial charge in [0.1, 0.15) is 0 Å². The van der Waals surface area contributed by atoms with Crippen molar-refractivity contribution in [2.75, 3.05) is 32.5 Å². The first kappa shape index (κ1) is 19.4. The van der Waals surface area contributed by atoms with Gasteiger partial charge in [-0.3, -0.25) is 4.57 Å². The number of hydrogen-bond acceptors (Lipinski definition) is 6. The lowest BCUT2D eigenvalue weighted by Gasteiger charge is -2.28. The molecule has 0 spiro atoms. The van der Waals surface area contributed by atoms with E-state index in [9.17, 15) is 9.47 Å². The van der Waals surface area contributed by atoms with Gasteiger partial charge in [0.15, 0.2) is 0 Å². The molecule has 0 aromatic rings. The second-order valence-electron chi connectivity index (χ2n) is 4.84. The normalized spacial score (nSPS) is 14.8. The van der Waals surface area contributed by atoms with E-state index in [2.05, 4.69) is 16.8 Å². The molecular formula is C12H25N2O5P. The molecule has 1 unspecified atom stereocenters. The summed E-state index contributed by atoms with van der Waals surface area (Å²) in [6, 6.07) is 0. The maximum Gasteiger partial charge on any atom is 0.253 e. The average Bonchev–Trinajstić information content (AvgIpc) is 2.50. The van der Waals surface area contributed by atoms with Gasteiger partial charge in [0, 0.05) is 6.16 Å². The summed E-state index contributed by atoms with van der Waals surface area (Å²) in [7, 11) is -3.06. The molecule has 7 nitrogen and oxygen atoms in total. The lowest BCUT2D eigenvalue weighted by atomic mass is 10.0. The van der Waals surface area contributed by atoms with Crippen LogP contribution in [0.5, 0.6) is 0 Å². The zero-order valence-corrected chi connectivity index (χ0v) is 12.6. The van der Waals surface area contributed by atoms with E-state index in [1.165, 1.54) is 0 Å². The molecule has 0 saturated heterocycles. The maximum absolute atomic E-state index is 11.6. The monoisotopic (exact) mass is 308 g/mol. The highest BCUT2D eigenvalue weighted by Crippen LogP contribution is 2.48. The van der Waals surface area contributed by atoms with E-state index in [4.69, 9.17) is 15.3 Å². The number of aliphatic hydroxyl groups excluding tert-OH is 3. The lowest BCUT2D eigenvalue weighted by molar-refractivity contribution is 0.0425. The third kappa shape index (κ3) is 6.72. The van der Waals surface area contributed by atoms with Crippen LogP contribution < -0.4 is 5.32 Å². The van der Waals surface area contributed by atoms with Crippen LogP contribution in [0.3, 0.4) is 0 Å². The molecule has 8 heteroatoms. The van der Waals surface area contributed by atoms with Crippen molar-refractivity contribution in [2.45, 2.75) is 31.2 Å². The Hall–Kier alpha value is -0.590. The Balaban J connectivity index is 3.75. The minimum atomic E-state index is -3.06. The smallest absolute Gasteiger partial charge is 0.253 e. The molecule has 0 rings (SSSR count). The molecule has 0 amide bonds. The molecule has 20 heavy (non-hydrogen) atoms.